The minimum Gasteiger partial charge on any atom is -0.326 e. The van der Waals surface area contributed by atoms with E-state index < -0.39 is 0 Å². The Labute approximate surface area is 157 Å². The topological polar surface area (TPSA) is 56.4 Å². The lowest BCUT2D eigenvalue weighted by Crippen LogP contribution is -2.42. The van der Waals surface area contributed by atoms with Crippen molar-refractivity contribution < 1.29 is 4.79 Å². The molecule has 2 aliphatic rings. The van der Waals surface area contributed by atoms with Gasteiger partial charge in [0, 0.05) is 37.3 Å². The third-order valence-electron chi connectivity index (χ3n) is 5.66. The van der Waals surface area contributed by atoms with Crippen LogP contribution in [0.25, 0.3) is 0 Å². The molecule has 1 aliphatic heterocycles. The number of carbonyl (C=O) groups excluding carboxylic acids is 1. The number of aryl methyl sites for hydroxylation is 2. The number of nitrogens with one attached hydrogen (secondary N) is 3. The molecule has 1 amide bonds. The number of carbonyl (C=O) groups is 1. The average Bonchev–Trinajstić information content (AvgIpc) is 3.21. The van der Waals surface area contributed by atoms with E-state index in [1.54, 1.807) is 0 Å². The van der Waals surface area contributed by atoms with Crippen LogP contribution in [0.15, 0.2) is 18.2 Å². The molecule has 0 radical (unpaired) electrons. The van der Waals surface area contributed by atoms with Crippen molar-refractivity contribution in [2.45, 2.75) is 65.0 Å². The Morgan fingerprint density at radius 3 is 2.73 bits per heavy atom. The third kappa shape index (κ3) is 5.06. The van der Waals surface area contributed by atoms with Gasteiger partial charge in [0.2, 0.25) is 5.91 Å². The van der Waals surface area contributed by atoms with Crippen LogP contribution in [0.5, 0.6) is 0 Å². The van der Waals surface area contributed by atoms with Gasteiger partial charge in [-0.1, -0.05) is 26.8 Å². The maximum Gasteiger partial charge on any atom is 0.225 e. The van der Waals surface area contributed by atoms with Crippen molar-refractivity contribution >= 4 is 11.6 Å². The fourth-order valence-electron chi connectivity index (χ4n) is 3.94. The van der Waals surface area contributed by atoms with Gasteiger partial charge in [-0.25, -0.2) is 0 Å². The van der Waals surface area contributed by atoms with Gasteiger partial charge in [-0.05, 0) is 61.4 Å². The fourth-order valence-corrected chi connectivity index (χ4v) is 3.94. The van der Waals surface area contributed by atoms with E-state index in [1.807, 2.05) is 6.07 Å². The number of benzene rings is 1. The Hall–Kier alpha value is -1.43. The van der Waals surface area contributed by atoms with Gasteiger partial charge in [-0.15, -0.1) is 0 Å². The molecule has 1 aliphatic carbocycles. The number of likely N-dealkylation sites (N-methyl/N-ethyl adjacent to an activating group) is 1. The van der Waals surface area contributed by atoms with Gasteiger partial charge in [0.25, 0.3) is 0 Å². The number of nitrogens with zero attached hydrogens (tertiary/aromatic N) is 1. The zero-order valence-electron chi connectivity index (χ0n) is 16.7. The molecule has 0 saturated carbocycles. The van der Waals surface area contributed by atoms with Gasteiger partial charge < -0.3 is 10.2 Å². The van der Waals surface area contributed by atoms with Crippen LogP contribution in [0.1, 0.15) is 51.2 Å². The van der Waals surface area contributed by atoms with E-state index in [0.717, 1.165) is 31.6 Å². The quantitative estimate of drug-likeness (QED) is 0.732. The van der Waals surface area contributed by atoms with Crippen LogP contribution in [0.4, 0.5) is 5.69 Å². The first kappa shape index (κ1) is 19.3. The fraction of sp³-hybridized carbons (Fsp3) is 0.667. The minimum absolute atomic E-state index is 0.0971. The van der Waals surface area contributed by atoms with Crippen LogP contribution >= 0.6 is 0 Å². The normalized spacial score (nSPS) is 22.7. The highest BCUT2D eigenvalue weighted by molar-refractivity contribution is 5.91. The highest BCUT2D eigenvalue weighted by Crippen LogP contribution is 2.26. The van der Waals surface area contributed by atoms with E-state index >= 15 is 0 Å². The van der Waals surface area contributed by atoms with Crippen molar-refractivity contribution in [2.75, 3.05) is 25.5 Å². The maximum absolute atomic E-state index is 12.3. The van der Waals surface area contributed by atoms with Crippen molar-refractivity contribution in [3.05, 3.63) is 29.3 Å². The zero-order chi connectivity index (χ0) is 18.7. The SMILES string of the molecule is CN(CCC(=O)Nc1ccc2c(c1)CCC2)CC1CC(C(C)(C)C)NN1. The van der Waals surface area contributed by atoms with Crippen LogP contribution in [-0.2, 0) is 17.6 Å². The zero-order valence-corrected chi connectivity index (χ0v) is 16.7. The Morgan fingerprint density at radius 1 is 1.23 bits per heavy atom. The van der Waals surface area contributed by atoms with E-state index in [9.17, 15) is 4.79 Å². The van der Waals surface area contributed by atoms with E-state index in [1.165, 1.54) is 24.0 Å². The molecule has 2 unspecified atom stereocenters. The van der Waals surface area contributed by atoms with Gasteiger partial charge in [0.05, 0.1) is 0 Å². The molecular weight excluding hydrogens is 324 g/mol. The standard InChI is InChI=1S/C21H34N4O/c1-21(2,3)19-13-18(23-24-19)14-25(4)11-10-20(26)22-17-9-8-15-6-5-7-16(15)12-17/h8-9,12,18-19,23-24H,5-7,10-11,13-14H2,1-4H3,(H,22,26). The third-order valence-corrected chi connectivity index (χ3v) is 5.66. The number of hydrogen-bond acceptors (Lipinski definition) is 4. The summed E-state index contributed by atoms with van der Waals surface area (Å²) in [7, 11) is 2.09. The Morgan fingerprint density at radius 2 is 2.00 bits per heavy atom. The Bertz CT molecular complexity index is 637. The molecule has 0 bridgehead atoms. The van der Waals surface area contributed by atoms with E-state index in [4.69, 9.17) is 0 Å². The lowest BCUT2D eigenvalue weighted by Gasteiger charge is -2.26. The summed E-state index contributed by atoms with van der Waals surface area (Å²) in [5, 5.41) is 3.05. The molecule has 1 aromatic rings. The van der Waals surface area contributed by atoms with Crippen molar-refractivity contribution in [1.82, 2.24) is 15.8 Å². The molecule has 0 spiro atoms. The van der Waals surface area contributed by atoms with Gasteiger partial charge in [0.1, 0.15) is 0 Å². The maximum atomic E-state index is 12.3. The van der Waals surface area contributed by atoms with Crippen LogP contribution in [0.3, 0.4) is 0 Å². The molecule has 1 aromatic carbocycles. The molecule has 144 valence electrons. The number of hydrazine groups is 1. The van der Waals surface area contributed by atoms with Crippen molar-refractivity contribution in [3.8, 4) is 0 Å². The molecular formula is C21H34N4O. The van der Waals surface area contributed by atoms with E-state index in [0.29, 0.717) is 18.5 Å². The number of fused-ring (bicyclic) bond motifs is 1. The number of amides is 1. The Kier molecular flexibility index (Phi) is 6.00. The molecule has 3 rings (SSSR count). The first-order valence-electron chi connectivity index (χ1n) is 9.92. The molecule has 2 atom stereocenters. The highest BCUT2D eigenvalue weighted by Gasteiger charge is 2.32. The summed E-state index contributed by atoms with van der Waals surface area (Å²) in [6.45, 7) is 8.52. The molecule has 5 heteroatoms. The highest BCUT2D eigenvalue weighted by atomic mass is 16.1. The summed E-state index contributed by atoms with van der Waals surface area (Å²) >= 11 is 0. The van der Waals surface area contributed by atoms with Gasteiger partial charge in [-0.2, -0.15) is 0 Å². The lowest BCUT2D eigenvalue weighted by molar-refractivity contribution is -0.116. The summed E-state index contributed by atoms with van der Waals surface area (Å²) in [4.78, 5) is 14.5. The lowest BCUT2D eigenvalue weighted by atomic mass is 9.84. The summed E-state index contributed by atoms with van der Waals surface area (Å²) in [5.74, 6) is 0.0971. The first-order chi connectivity index (χ1) is 12.3. The number of hydrogen-bond donors (Lipinski definition) is 3. The van der Waals surface area contributed by atoms with Crippen LogP contribution in [-0.4, -0.2) is 43.0 Å². The Balaban J connectivity index is 1.39. The number of anilines is 1. The van der Waals surface area contributed by atoms with E-state index in [2.05, 4.69) is 61.0 Å². The summed E-state index contributed by atoms with van der Waals surface area (Å²) in [6, 6.07) is 7.26. The van der Waals surface area contributed by atoms with Gasteiger partial charge in [0.15, 0.2) is 0 Å². The smallest absolute Gasteiger partial charge is 0.225 e. The van der Waals surface area contributed by atoms with Crippen LogP contribution < -0.4 is 16.2 Å². The second kappa shape index (κ2) is 8.07. The summed E-state index contributed by atoms with van der Waals surface area (Å²) < 4.78 is 0. The molecule has 3 N–H and O–H groups in total. The van der Waals surface area contributed by atoms with Gasteiger partial charge in [-0.3, -0.25) is 15.6 Å². The van der Waals surface area contributed by atoms with Crippen molar-refractivity contribution in [2.24, 2.45) is 5.41 Å². The van der Waals surface area contributed by atoms with Crippen molar-refractivity contribution in [3.63, 3.8) is 0 Å². The summed E-state index contributed by atoms with van der Waals surface area (Å²) in [5.41, 5.74) is 10.9. The second-order valence-electron chi connectivity index (χ2n) is 9.04. The van der Waals surface area contributed by atoms with Crippen LogP contribution in [0.2, 0.25) is 0 Å². The van der Waals surface area contributed by atoms with Gasteiger partial charge >= 0.3 is 0 Å². The summed E-state index contributed by atoms with van der Waals surface area (Å²) in [6.07, 6.45) is 5.19. The molecule has 0 aromatic heterocycles. The average molecular weight is 359 g/mol. The molecule has 1 fully saturated rings. The molecule has 1 heterocycles. The largest absolute Gasteiger partial charge is 0.326 e. The first-order valence-corrected chi connectivity index (χ1v) is 9.92. The molecule has 26 heavy (non-hydrogen) atoms. The predicted molar refractivity (Wildman–Crippen MR) is 107 cm³/mol. The molecule has 1 saturated heterocycles. The van der Waals surface area contributed by atoms with Crippen molar-refractivity contribution in [1.29, 1.82) is 0 Å². The number of rotatable bonds is 6. The minimum atomic E-state index is 0.0971. The monoisotopic (exact) mass is 358 g/mol. The predicted octanol–water partition coefficient (Wildman–Crippen LogP) is 2.72. The van der Waals surface area contributed by atoms with Crippen LogP contribution in [0, 0.1) is 5.41 Å². The van der Waals surface area contributed by atoms with E-state index in [-0.39, 0.29) is 11.3 Å². The molecule has 5 nitrogen and oxygen atoms in total. The second-order valence-corrected chi connectivity index (χ2v) is 9.04.